The SMILES string of the molecule is C[C@@H](CC(=O)N1CCN(c2nccs2)CC1)c1ccccc1F. The highest BCUT2D eigenvalue weighted by atomic mass is 32.1. The van der Waals surface area contributed by atoms with Crippen LogP contribution in [0, 0.1) is 5.82 Å². The number of aromatic nitrogens is 1. The van der Waals surface area contributed by atoms with Gasteiger partial charge in [-0.15, -0.1) is 11.3 Å². The molecular weight excluding hydrogens is 313 g/mol. The average molecular weight is 333 g/mol. The minimum absolute atomic E-state index is 0.0968. The fraction of sp³-hybridized carbons (Fsp3) is 0.412. The average Bonchev–Trinajstić information content (AvgIpc) is 3.09. The highest BCUT2D eigenvalue weighted by molar-refractivity contribution is 7.13. The molecule has 0 bridgehead atoms. The summed E-state index contributed by atoms with van der Waals surface area (Å²) in [7, 11) is 0. The summed E-state index contributed by atoms with van der Waals surface area (Å²) in [6, 6.07) is 6.69. The smallest absolute Gasteiger partial charge is 0.223 e. The number of benzene rings is 1. The van der Waals surface area contributed by atoms with E-state index in [2.05, 4.69) is 9.88 Å². The van der Waals surface area contributed by atoms with Crippen LogP contribution in [0.5, 0.6) is 0 Å². The number of carbonyl (C=O) groups excluding carboxylic acids is 1. The lowest BCUT2D eigenvalue weighted by Gasteiger charge is -2.35. The third-order valence-electron chi connectivity index (χ3n) is 4.24. The molecule has 1 aliphatic rings. The molecule has 122 valence electrons. The molecule has 0 radical (unpaired) electrons. The summed E-state index contributed by atoms with van der Waals surface area (Å²) in [5.74, 6) is -0.248. The highest BCUT2D eigenvalue weighted by Crippen LogP contribution is 2.24. The fourth-order valence-corrected chi connectivity index (χ4v) is 3.59. The van der Waals surface area contributed by atoms with Gasteiger partial charge in [0.05, 0.1) is 0 Å². The molecule has 1 aromatic carbocycles. The lowest BCUT2D eigenvalue weighted by Crippen LogP contribution is -2.49. The maximum atomic E-state index is 13.8. The van der Waals surface area contributed by atoms with Crippen LogP contribution in [0.3, 0.4) is 0 Å². The van der Waals surface area contributed by atoms with E-state index in [9.17, 15) is 9.18 Å². The summed E-state index contributed by atoms with van der Waals surface area (Å²) in [6.07, 6.45) is 2.14. The Balaban J connectivity index is 1.54. The van der Waals surface area contributed by atoms with Crippen LogP contribution >= 0.6 is 11.3 Å². The van der Waals surface area contributed by atoms with Crippen molar-refractivity contribution in [3.8, 4) is 0 Å². The molecule has 0 N–H and O–H groups in total. The van der Waals surface area contributed by atoms with Crippen LogP contribution in [-0.2, 0) is 4.79 Å². The minimum Gasteiger partial charge on any atom is -0.345 e. The molecule has 2 aromatic rings. The number of rotatable bonds is 4. The molecule has 23 heavy (non-hydrogen) atoms. The van der Waals surface area contributed by atoms with E-state index in [4.69, 9.17) is 0 Å². The first-order valence-electron chi connectivity index (χ1n) is 7.82. The molecule has 1 saturated heterocycles. The molecule has 1 aliphatic heterocycles. The van der Waals surface area contributed by atoms with Gasteiger partial charge in [0.2, 0.25) is 5.91 Å². The van der Waals surface area contributed by atoms with E-state index in [0.29, 0.717) is 25.1 Å². The van der Waals surface area contributed by atoms with E-state index in [-0.39, 0.29) is 17.6 Å². The predicted molar refractivity (Wildman–Crippen MR) is 90.3 cm³/mol. The van der Waals surface area contributed by atoms with Crippen LogP contribution in [0.1, 0.15) is 24.8 Å². The Morgan fingerprint density at radius 2 is 2.04 bits per heavy atom. The van der Waals surface area contributed by atoms with Gasteiger partial charge in [-0.05, 0) is 17.5 Å². The number of hydrogen-bond acceptors (Lipinski definition) is 4. The standard InChI is InChI=1S/C17H20FN3OS/c1-13(14-4-2-3-5-15(14)18)12-16(22)20-7-9-21(10-8-20)17-19-6-11-23-17/h2-6,11,13H,7-10,12H2,1H3/t13-/m0/s1. The van der Waals surface area contributed by atoms with Gasteiger partial charge < -0.3 is 9.80 Å². The van der Waals surface area contributed by atoms with E-state index in [1.54, 1.807) is 29.7 Å². The summed E-state index contributed by atoms with van der Waals surface area (Å²) in [6.45, 7) is 4.90. The van der Waals surface area contributed by atoms with Crippen LogP contribution in [0.25, 0.3) is 0 Å². The van der Waals surface area contributed by atoms with Crippen molar-refractivity contribution in [3.05, 3.63) is 47.2 Å². The second kappa shape index (κ2) is 7.08. The first kappa shape index (κ1) is 15.9. The molecule has 1 fully saturated rings. The Morgan fingerprint density at radius 1 is 1.30 bits per heavy atom. The Bertz CT molecular complexity index is 654. The van der Waals surface area contributed by atoms with E-state index in [0.717, 1.165) is 18.2 Å². The van der Waals surface area contributed by atoms with Crippen molar-refractivity contribution in [3.63, 3.8) is 0 Å². The highest BCUT2D eigenvalue weighted by Gasteiger charge is 2.24. The van der Waals surface area contributed by atoms with Gasteiger partial charge >= 0.3 is 0 Å². The van der Waals surface area contributed by atoms with E-state index < -0.39 is 0 Å². The van der Waals surface area contributed by atoms with Crippen LogP contribution < -0.4 is 4.90 Å². The van der Waals surface area contributed by atoms with Gasteiger partial charge in [-0.25, -0.2) is 9.37 Å². The van der Waals surface area contributed by atoms with E-state index in [1.807, 2.05) is 23.3 Å². The van der Waals surface area contributed by atoms with Crippen LogP contribution in [-0.4, -0.2) is 42.0 Å². The molecule has 0 unspecified atom stereocenters. The maximum Gasteiger partial charge on any atom is 0.223 e. The van der Waals surface area contributed by atoms with Crippen molar-refractivity contribution in [2.75, 3.05) is 31.1 Å². The number of thiazole rings is 1. The molecule has 1 amide bonds. The Labute approximate surface area is 139 Å². The molecule has 0 spiro atoms. The van der Waals surface area contributed by atoms with Gasteiger partial charge in [0, 0.05) is 44.2 Å². The molecule has 1 aromatic heterocycles. The zero-order chi connectivity index (χ0) is 16.2. The molecule has 0 aliphatic carbocycles. The minimum atomic E-state index is -0.235. The zero-order valence-corrected chi connectivity index (χ0v) is 13.9. The summed E-state index contributed by atoms with van der Waals surface area (Å²) in [5.41, 5.74) is 0.613. The molecule has 0 saturated carbocycles. The Hall–Kier alpha value is -1.95. The van der Waals surface area contributed by atoms with Crippen molar-refractivity contribution < 1.29 is 9.18 Å². The van der Waals surface area contributed by atoms with Crippen LogP contribution in [0.15, 0.2) is 35.8 Å². The number of halogens is 1. The number of amides is 1. The summed E-state index contributed by atoms with van der Waals surface area (Å²) >= 11 is 1.62. The second-order valence-electron chi connectivity index (χ2n) is 5.81. The number of hydrogen-bond donors (Lipinski definition) is 0. The van der Waals surface area contributed by atoms with Gasteiger partial charge in [0.15, 0.2) is 5.13 Å². The van der Waals surface area contributed by atoms with Gasteiger partial charge in [-0.3, -0.25) is 4.79 Å². The normalized spacial score (nSPS) is 16.4. The molecular formula is C17H20FN3OS. The molecule has 6 heteroatoms. The van der Waals surface area contributed by atoms with Gasteiger partial charge in [-0.1, -0.05) is 25.1 Å². The van der Waals surface area contributed by atoms with E-state index >= 15 is 0 Å². The van der Waals surface area contributed by atoms with Crippen molar-refractivity contribution >= 4 is 22.4 Å². The fourth-order valence-electron chi connectivity index (χ4n) is 2.89. The van der Waals surface area contributed by atoms with Gasteiger partial charge in [0.1, 0.15) is 5.82 Å². The molecule has 4 nitrogen and oxygen atoms in total. The number of piperazine rings is 1. The largest absolute Gasteiger partial charge is 0.345 e. The Morgan fingerprint density at radius 3 is 2.70 bits per heavy atom. The summed E-state index contributed by atoms with van der Waals surface area (Å²) in [5, 5.41) is 2.97. The van der Waals surface area contributed by atoms with Crippen LogP contribution in [0.4, 0.5) is 9.52 Å². The molecule has 2 heterocycles. The van der Waals surface area contributed by atoms with Crippen LogP contribution in [0.2, 0.25) is 0 Å². The number of nitrogens with zero attached hydrogens (tertiary/aromatic N) is 3. The monoisotopic (exact) mass is 333 g/mol. The van der Waals surface area contributed by atoms with Crippen molar-refractivity contribution in [2.45, 2.75) is 19.3 Å². The van der Waals surface area contributed by atoms with E-state index in [1.165, 1.54) is 6.07 Å². The number of anilines is 1. The van der Waals surface area contributed by atoms with Crippen molar-refractivity contribution in [2.24, 2.45) is 0 Å². The first-order valence-corrected chi connectivity index (χ1v) is 8.70. The predicted octanol–water partition coefficient (Wildman–Crippen LogP) is 3.12. The molecule has 1 atom stereocenters. The van der Waals surface area contributed by atoms with Crippen molar-refractivity contribution in [1.29, 1.82) is 0 Å². The topological polar surface area (TPSA) is 36.4 Å². The third-order valence-corrected chi connectivity index (χ3v) is 5.07. The quantitative estimate of drug-likeness (QED) is 0.862. The van der Waals surface area contributed by atoms with Gasteiger partial charge in [0.25, 0.3) is 0 Å². The zero-order valence-electron chi connectivity index (χ0n) is 13.1. The second-order valence-corrected chi connectivity index (χ2v) is 6.68. The lowest BCUT2D eigenvalue weighted by molar-refractivity contribution is -0.131. The Kier molecular flexibility index (Phi) is 4.91. The lowest BCUT2D eigenvalue weighted by atomic mass is 9.96. The molecule has 3 rings (SSSR count). The third kappa shape index (κ3) is 3.69. The maximum absolute atomic E-state index is 13.8. The van der Waals surface area contributed by atoms with Gasteiger partial charge in [-0.2, -0.15) is 0 Å². The summed E-state index contributed by atoms with van der Waals surface area (Å²) < 4.78 is 13.8. The summed E-state index contributed by atoms with van der Waals surface area (Å²) in [4.78, 5) is 20.8. The van der Waals surface area contributed by atoms with Crippen molar-refractivity contribution in [1.82, 2.24) is 9.88 Å². The number of carbonyl (C=O) groups is 1. The first-order chi connectivity index (χ1) is 11.1.